The van der Waals surface area contributed by atoms with Crippen LogP contribution in [0.3, 0.4) is 0 Å². The van der Waals surface area contributed by atoms with E-state index < -0.39 is 90.8 Å². The number of ether oxygens (including phenoxy) is 4. The highest BCUT2D eigenvalue weighted by Gasteiger charge is 2.43. The first-order valence-electron chi connectivity index (χ1n) is 12.3. The van der Waals surface area contributed by atoms with Crippen molar-refractivity contribution in [1.82, 2.24) is 0 Å². The normalized spacial score (nSPS) is 14.8. The van der Waals surface area contributed by atoms with E-state index in [0.717, 1.165) is 11.8 Å². The van der Waals surface area contributed by atoms with Crippen LogP contribution < -0.4 is 0 Å². The number of carbonyl (C=O) groups excluding carboxylic acids is 4. The van der Waals surface area contributed by atoms with Crippen molar-refractivity contribution in [3.8, 4) is 0 Å². The van der Waals surface area contributed by atoms with Crippen molar-refractivity contribution in [2.45, 2.75) is 66.2 Å². The summed E-state index contributed by atoms with van der Waals surface area (Å²) in [5.74, 6) is -3.04. The molecule has 232 valence electrons. The molecule has 0 spiro atoms. The van der Waals surface area contributed by atoms with E-state index in [4.69, 9.17) is 14.2 Å². The zero-order valence-electron chi connectivity index (χ0n) is 23.3. The molecular formula is C25H37F5O9S. The molecule has 0 aliphatic carbocycles. The van der Waals surface area contributed by atoms with Gasteiger partial charge in [-0.05, 0) is 33.6 Å². The van der Waals surface area contributed by atoms with Gasteiger partial charge in [0.15, 0.2) is 0 Å². The van der Waals surface area contributed by atoms with E-state index in [-0.39, 0.29) is 18.6 Å². The van der Waals surface area contributed by atoms with Crippen LogP contribution >= 0.6 is 11.8 Å². The molecule has 0 bridgehead atoms. The van der Waals surface area contributed by atoms with Gasteiger partial charge in [0.2, 0.25) is 0 Å². The summed E-state index contributed by atoms with van der Waals surface area (Å²) in [5, 5.41) is 10.0. The van der Waals surface area contributed by atoms with Crippen LogP contribution in [0.4, 0.5) is 22.0 Å². The smallest absolute Gasteiger partial charge is 0.417 e. The molecular weight excluding hydrogens is 571 g/mol. The van der Waals surface area contributed by atoms with E-state index in [9.17, 15) is 46.2 Å². The van der Waals surface area contributed by atoms with Gasteiger partial charge < -0.3 is 24.1 Å². The molecule has 0 aliphatic rings. The van der Waals surface area contributed by atoms with Gasteiger partial charge in [0.1, 0.15) is 24.9 Å². The summed E-state index contributed by atoms with van der Waals surface area (Å²) in [4.78, 5) is 48.4. The number of methoxy groups -OCH3 is 1. The Morgan fingerprint density at radius 2 is 1.52 bits per heavy atom. The summed E-state index contributed by atoms with van der Waals surface area (Å²) in [6.45, 7) is 5.59. The molecule has 3 atom stereocenters. The van der Waals surface area contributed by atoms with Crippen molar-refractivity contribution in [3.63, 3.8) is 0 Å². The van der Waals surface area contributed by atoms with Gasteiger partial charge in [-0.15, -0.1) is 11.8 Å². The minimum atomic E-state index is -5.27. The Bertz CT molecular complexity index is 904. The minimum Gasteiger partial charge on any atom is -0.469 e. The number of aliphatic hydroxyl groups excluding tert-OH is 1. The van der Waals surface area contributed by atoms with Crippen LogP contribution in [0.2, 0.25) is 0 Å². The van der Waals surface area contributed by atoms with Crippen LogP contribution in [0.5, 0.6) is 0 Å². The number of esters is 4. The molecule has 9 nitrogen and oxygen atoms in total. The molecule has 3 unspecified atom stereocenters. The maximum Gasteiger partial charge on any atom is 0.417 e. The highest BCUT2D eigenvalue weighted by atomic mass is 32.2. The molecule has 0 aliphatic heterocycles. The van der Waals surface area contributed by atoms with E-state index in [2.05, 4.69) is 4.74 Å². The fourth-order valence-electron chi connectivity index (χ4n) is 3.39. The largest absolute Gasteiger partial charge is 0.469 e. The summed E-state index contributed by atoms with van der Waals surface area (Å²) in [6.07, 6.45) is -10.8. The number of halogens is 5. The molecule has 15 heteroatoms. The molecule has 0 saturated carbocycles. The van der Waals surface area contributed by atoms with Crippen molar-refractivity contribution in [2.24, 2.45) is 16.7 Å². The first kappa shape index (κ1) is 37.6. The Morgan fingerprint density at radius 3 is 2.02 bits per heavy atom. The number of alkyl halides is 3. The van der Waals surface area contributed by atoms with Gasteiger partial charge in [-0.2, -0.15) is 22.0 Å². The number of aliphatic hydroxyl groups is 1. The molecule has 0 amide bonds. The average Bonchev–Trinajstić information content (AvgIpc) is 2.86. The standard InChI is InChI=1S/C25H37F5O9S/c1-7-24(5,22(35)37-9-8-17(19(26)27)25(28,29)30)14-23(3,4)21(34)39-11-16(31)10-38-18(32)13-40-12-15(2)20(33)36-6/h15-16,31H,7-14H2,1-6H3. The number of rotatable bonds is 17. The quantitative estimate of drug-likeness (QED) is 0.144. The maximum absolute atomic E-state index is 12.6. The lowest BCUT2D eigenvalue weighted by Gasteiger charge is -2.33. The van der Waals surface area contributed by atoms with Gasteiger partial charge >= 0.3 is 30.1 Å². The van der Waals surface area contributed by atoms with Gasteiger partial charge in [0, 0.05) is 12.2 Å². The summed E-state index contributed by atoms with van der Waals surface area (Å²) < 4.78 is 82.5. The molecule has 0 saturated heterocycles. The van der Waals surface area contributed by atoms with Crippen LogP contribution in [0.25, 0.3) is 0 Å². The van der Waals surface area contributed by atoms with Crippen LogP contribution in [0.1, 0.15) is 53.9 Å². The Morgan fingerprint density at radius 1 is 0.950 bits per heavy atom. The summed E-state index contributed by atoms with van der Waals surface area (Å²) in [7, 11) is 1.25. The predicted molar refractivity (Wildman–Crippen MR) is 134 cm³/mol. The molecule has 1 N–H and O–H groups in total. The molecule has 0 radical (unpaired) electrons. The summed E-state index contributed by atoms with van der Waals surface area (Å²) in [5.41, 5.74) is -4.77. The SMILES string of the molecule is CCC(C)(CC(C)(C)C(=O)OCC(O)COC(=O)CSCC(C)C(=O)OC)C(=O)OCCC(=C(F)F)C(F)(F)F. The molecule has 0 aromatic carbocycles. The zero-order chi connectivity index (χ0) is 31.3. The third-order valence-corrected chi connectivity index (χ3v) is 7.02. The van der Waals surface area contributed by atoms with Crippen LogP contribution in [0, 0.1) is 16.7 Å². The second kappa shape index (κ2) is 16.7. The lowest BCUT2D eigenvalue weighted by atomic mass is 9.72. The summed E-state index contributed by atoms with van der Waals surface area (Å²) in [6, 6.07) is 0. The lowest BCUT2D eigenvalue weighted by molar-refractivity contribution is -0.166. The van der Waals surface area contributed by atoms with Gasteiger partial charge in [0.05, 0.1) is 36.2 Å². The Balaban J connectivity index is 4.77. The van der Waals surface area contributed by atoms with Gasteiger partial charge in [-0.25, -0.2) is 0 Å². The Kier molecular flexibility index (Phi) is 15.7. The fourth-order valence-corrected chi connectivity index (χ4v) is 4.24. The van der Waals surface area contributed by atoms with Crippen molar-refractivity contribution in [1.29, 1.82) is 0 Å². The van der Waals surface area contributed by atoms with Crippen LogP contribution in [-0.2, 0) is 38.1 Å². The maximum atomic E-state index is 12.6. The van der Waals surface area contributed by atoms with E-state index in [1.165, 1.54) is 27.9 Å². The Hall–Kier alpha value is -2.42. The Labute approximate surface area is 234 Å². The second-order valence-corrected chi connectivity index (χ2v) is 11.0. The molecule has 0 fully saturated rings. The zero-order valence-corrected chi connectivity index (χ0v) is 24.1. The molecule has 0 heterocycles. The first-order chi connectivity index (χ1) is 18.3. The third kappa shape index (κ3) is 13.3. The van der Waals surface area contributed by atoms with E-state index in [1.807, 2.05) is 0 Å². The van der Waals surface area contributed by atoms with Crippen LogP contribution in [0.15, 0.2) is 11.7 Å². The third-order valence-electron chi connectivity index (χ3n) is 5.85. The van der Waals surface area contributed by atoms with Gasteiger partial charge in [-0.3, -0.25) is 19.2 Å². The number of hydrogen-bond donors (Lipinski definition) is 1. The lowest BCUT2D eigenvalue weighted by Crippen LogP contribution is -2.39. The van der Waals surface area contributed by atoms with Gasteiger partial charge in [0.25, 0.3) is 6.08 Å². The minimum absolute atomic E-state index is 0.0803. The summed E-state index contributed by atoms with van der Waals surface area (Å²) >= 11 is 1.14. The van der Waals surface area contributed by atoms with Crippen molar-refractivity contribution in [2.75, 3.05) is 38.4 Å². The monoisotopic (exact) mass is 608 g/mol. The molecule has 0 aromatic heterocycles. The molecule has 0 rings (SSSR count). The second-order valence-electron chi connectivity index (χ2n) is 9.97. The first-order valence-corrected chi connectivity index (χ1v) is 13.4. The van der Waals surface area contributed by atoms with Gasteiger partial charge in [-0.1, -0.05) is 13.8 Å². The fraction of sp³-hybridized carbons (Fsp3) is 0.760. The molecule has 0 aromatic rings. The van der Waals surface area contributed by atoms with E-state index in [1.54, 1.807) is 13.8 Å². The molecule has 40 heavy (non-hydrogen) atoms. The van der Waals surface area contributed by atoms with Crippen molar-refractivity contribution >= 4 is 35.6 Å². The van der Waals surface area contributed by atoms with Crippen molar-refractivity contribution < 1.29 is 65.2 Å². The highest BCUT2D eigenvalue weighted by molar-refractivity contribution is 7.99. The average molecular weight is 609 g/mol. The van der Waals surface area contributed by atoms with Crippen LogP contribution in [-0.4, -0.2) is 79.7 Å². The predicted octanol–water partition coefficient (Wildman–Crippen LogP) is 4.45. The van der Waals surface area contributed by atoms with E-state index in [0.29, 0.717) is 5.75 Å². The van der Waals surface area contributed by atoms with E-state index >= 15 is 0 Å². The topological polar surface area (TPSA) is 125 Å². The number of hydrogen-bond acceptors (Lipinski definition) is 10. The number of thioether (sulfide) groups is 1. The highest BCUT2D eigenvalue weighted by Crippen LogP contribution is 2.39. The van der Waals surface area contributed by atoms with Crippen molar-refractivity contribution in [3.05, 3.63) is 11.7 Å². The number of carbonyl (C=O) groups is 4.